The number of pyridine rings is 1. The molecule has 1 fully saturated rings. The van der Waals surface area contributed by atoms with E-state index in [0.717, 1.165) is 40.4 Å². The number of nitrogens with zero attached hydrogens (tertiary/aromatic N) is 6. The van der Waals surface area contributed by atoms with Crippen molar-refractivity contribution >= 4 is 55.6 Å². The number of aromatic nitrogens is 5. The molecule has 2 atom stereocenters. The lowest BCUT2D eigenvalue weighted by Gasteiger charge is -2.22. The van der Waals surface area contributed by atoms with Crippen molar-refractivity contribution < 1.29 is 9.59 Å². The van der Waals surface area contributed by atoms with Gasteiger partial charge in [0.25, 0.3) is 0 Å². The van der Waals surface area contributed by atoms with Crippen molar-refractivity contribution in [1.82, 2.24) is 40.3 Å². The van der Waals surface area contributed by atoms with Gasteiger partial charge in [-0.2, -0.15) is 10.1 Å². The molecular weight excluding hydrogens is 598 g/mol. The first kappa shape index (κ1) is 29.6. The maximum absolute atomic E-state index is 12.4. The molecule has 11 nitrogen and oxygen atoms in total. The van der Waals surface area contributed by atoms with Crippen LogP contribution in [0.5, 0.6) is 0 Å². The zero-order chi connectivity index (χ0) is 29.9. The second-order valence-corrected chi connectivity index (χ2v) is 12.0. The van der Waals surface area contributed by atoms with Crippen LogP contribution in [0.3, 0.4) is 0 Å². The van der Waals surface area contributed by atoms with E-state index in [4.69, 9.17) is 10.1 Å². The summed E-state index contributed by atoms with van der Waals surface area (Å²) < 4.78 is 2.44. The summed E-state index contributed by atoms with van der Waals surface area (Å²) >= 11 is 3.58. The SMILES string of the molecule is CNC(=O)[C@]1(C)CC[C@@H](Nc2ncc3c(Br)nn(-c4cc(CCNC(=O)/C=C/CN(C)C)c5ncccc5c4)c3n2)C1. The molecule has 3 heterocycles. The molecule has 0 radical (unpaired) electrons. The van der Waals surface area contributed by atoms with Gasteiger partial charge in [-0.15, -0.1) is 0 Å². The van der Waals surface area contributed by atoms with Crippen molar-refractivity contribution in [2.75, 3.05) is 39.5 Å². The van der Waals surface area contributed by atoms with E-state index in [1.165, 1.54) is 0 Å². The Morgan fingerprint density at radius 3 is 2.88 bits per heavy atom. The Labute approximate surface area is 253 Å². The van der Waals surface area contributed by atoms with Crippen LogP contribution in [-0.4, -0.2) is 81.7 Å². The van der Waals surface area contributed by atoms with Crippen molar-refractivity contribution in [3.63, 3.8) is 0 Å². The standard InChI is InChI=1S/C30H36BrN9O2/c1-30(28(42)32-2)11-9-21(17-30)36-29-35-18-23-26(31)38-40(27(23)37-29)22-15-19-7-5-12-34-25(19)20(16-22)10-13-33-24(41)8-6-14-39(3)4/h5-8,12,15-16,18,21H,9-11,13-14,17H2,1-4H3,(H,32,42)(H,33,41)(H,35,36,37)/b8-6+/t21-,30-/m1/s1. The topological polar surface area (TPSA) is 130 Å². The highest BCUT2D eigenvalue weighted by atomic mass is 79.9. The third kappa shape index (κ3) is 6.44. The van der Waals surface area contributed by atoms with Crippen LogP contribution in [0.25, 0.3) is 27.6 Å². The fourth-order valence-electron chi connectivity index (χ4n) is 5.49. The fourth-order valence-corrected chi connectivity index (χ4v) is 5.92. The van der Waals surface area contributed by atoms with Gasteiger partial charge in [-0.1, -0.05) is 19.1 Å². The molecule has 4 aromatic rings. The highest BCUT2D eigenvalue weighted by molar-refractivity contribution is 9.10. The van der Waals surface area contributed by atoms with Crippen LogP contribution in [0, 0.1) is 5.41 Å². The number of fused-ring (bicyclic) bond motifs is 2. The van der Waals surface area contributed by atoms with E-state index >= 15 is 0 Å². The number of carbonyl (C=O) groups is 2. The molecule has 42 heavy (non-hydrogen) atoms. The van der Waals surface area contributed by atoms with Gasteiger partial charge in [0.1, 0.15) is 4.60 Å². The average molecular weight is 635 g/mol. The van der Waals surface area contributed by atoms with Gasteiger partial charge in [-0.25, -0.2) is 9.67 Å². The number of rotatable bonds is 10. The molecule has 0 aliphatic heterocycles. The van der Waals surface area contributed by atoms with Gasteiger partial charge < -0.3 is 20.9 Å². The van der Waals surface area contributed by atoms with Crippen molar-refractivity contribution in [2.45, 2.75) is 38.6 Å². The predicted molar refractivity (Wildman–Crippen MR) is 168 cm³/mol. The molecule has 0 bridgehead atoms. The van der Waals surface area contributed by atoms with Gasteiger partial charge in [0.05, 0.1) is 16.6 Å². The summed E-state index contributed by atoms with van der Waals surface area (Å²) in [6, 6.07) is 8.10. The Kier molecular flexibility index (Phi) is 8.83. The van der Waals surface area contributed by atoms with E-state index < -0.39 is 5.41 Å². The number of hydrogen-bond acceptors (Lipinski definition) is 8. The average Bonchev–Trinajstić information content (AvgIpc) is 3.51. The largest absolute Gasteiger partial charge is 0.359 e. The summed E-state index contributed by atoms with van der Waals surface area (Å²) in [7, 11) is 5.59. The summed E-state index contributed by atoms with van der Waals surface area (Å²) in [5.41, 5.74) is 2.95. The van der Waals surface area contributed by atoms with Gasteiger partial charge in [-0.05, 0) is 79.5 Å². The normalized spacial score (nSPS) is 18.8. The molecule has 1 aliphatic carbocycles. The van der Waals surface area contributed by atoms with Gasteiger partial charge in [-0.3, -0.25) is 14.6 Å². The Morgan fingerprint density at radius 2 is 2.10 bits per heavy atom. The first-order valence-corrected chi connectivity index (χ1v) is 14.8. The molecule has 0 spiro atoms. The third-order valence-corrected chi connectivity index (χ3v) is 8.26. The molecule has 12 heteroatoms. The first-order valence-electron chi connectivity index (χ1n) is 14.0. The fraction of sp³-hybridized carbons (Fsp3) is 0.400. The van der Waals surface area contributed by atoms with Gasteiger partial charge in [0, 0.05) is 55.4 Å². The summed E-state index contributed by atoms with van der Waals surface area (Å²) in [5, 5.41) is 15.7. The van der Waals surface area contributed by atoms with Crippen LogP contribution in [0.2, 0.25) is 0 Å². The molecule has 1 aliphatic rings. The number of nitrogens with one attached hydrogen (secondary N) is 3. The van der Waals surface area contributed by atoms with E-state index in [1.807, 2.05) is 56.3 Å². The van der Waals surface area contributed by atoms with E-state index in [-0.39, 0.29) is 17.9 Å². The molecule has 0 unspecified atom stereocenters. The van der Waals surface area contributed by atoms with Crippen LogP contribution >= 0.6 is 15.9 Å². The van der Waals surface area contributed by atoms with E-state index in [9.17, 15) is 9.59 Å². The van der Waals surface area contributed by atoms with Crippen molar-refractivity contribution in [2.24, 2.45) is 5.41 Å². The van der Waals surface area contributed by atoms with Crippen LogP contribution in [0.1, 0.15) is 31.7 Å². The first-order chi connectivity index (χ1) is 20.2. The van der Waals surface area contributed by atoms with Crippen LogP contribution in [0.15, 0.2) is 53.4 Å². The second kappa shape index (κ2) is 12.5. The van der Waals surface area contributed by atoms with Crippen molar-refractivity contribution in [3.8, 4) is 5.69 Å². The molecule has 2 amide bonds. The number of benzene rings is 1. The molecule has 220 valence electrons. The lowest BCUT2D eigenvalue weighted by Crippen LogP contribution is -2.35. The molecule has 3 aromatic heterocycles. The minimum atomic E-state index is -0.404. The van der Waals surface area contributed by atoms with Crippen molar-refractivity contribution in [1.29, 1.82) is 0 Å². The van der Waals surface area contributed by atoms with Gasteiger partial charge >= 0.3 is 0 Å². The quantitative estimate of drug-likeness (QED) is 0.226. The molecule has 5 rings (SSSR count). The Morgan fingerprint density at radius 1 is 1.26 bits per heavy atom. The number of halogens is 1. The Balaban J connectivity index is 1.40. The zero-order valence-electron chi connectivity index (χ0n) is 24.3. The molecule has 0 saturated heterocycles. The van der Waals surface area contributed by atoms with E-state index in [0.29, 0.717) is 42.1 Å². The van der Waals surface area contributed by atoms with Gasteiger partial charge in [0.2, 0.25) is 17.8 Å². The van der Waals surface area contributed by atoms with Crippen LogP contribution < -0.4 is 16.0 Å². The minimum absolute atomic E-state index is 0.0622. The Bertz CT molecular complexity index is 1650. The maximum atomic E-state index is 12.4. The number of carbonyl (C=O) groups excluding carboxylic acids is 2. The maximum Gasteiger partial charge on any atom is 0.243 e. The highest BCUT2D eigenvalue weighted by Gasteiger charge is 2.41. The lowest BCUT2D eigenvalue weighted by molar-refractivity contribution is -0.129. The second-order valence-electron chi connectivity index (χ2n) is 11.2. The Hall–Kier alpha value is -3.90. The van der Waals surface area contributed by atoms with Crippen molar-refractivity contribution in [3.05, 3.63) is 59.0 Å². The molecular formula is C30H36BrN9O2. The summed E-state index contributed by atoms with van der Waals surface area (Å²) in [4.78, 5) is 40.6. The van der Waals surface area contributed by atoms with Crippen LogP contribution in [0.4, 0.5) is 5.95 Å². The van der Waals surface area contributed by atoms with Gasteiger partial charge in [0.15, 0.2) is 5.65 Å². The monoisotopic (exact) mass is 633 g/mol. The van der Waals surface area contributed by atoms with Crippen LogP contribution in [-0.2, 0) is 16.0 Å². The minimum Gasteiger partial charge on any atom is -0.359 e. The smallest absolute Gasteiger partial charge is 0.243 e. The van der Waals surface area contributed by atoms with E-state index in [2.05, 4.69) is 41.8 Å². The summed E-state index contributed by atoms with van der Waals surface area (Å²) in [6.07, 6.45) is 9.91. The number of anilines is 1. The number of hydrogen-bond donors (Lipinski definition) is 3. The molecule has 1 aromatic carbocycles. The number of likely N-dealkylation sites (N-methyl/N-ethyl adjacent to an activating group) is 1. The lowest BCUT2D eigenvalue weighted by atomic mass is 9.87. The number of amides is 2. The molecule has 3 N–H and O–H groups in total. The van der Waals surface area contributed by atoms with E-state index in [1.54, 1.807) is 30.2 Å². The summed E-state index contributed by atoms with van der Waals surface area (Å²) in [5.74, 6) is 0.434. The highest BCUT2D eigenvalue weighted by Crippen LogP contribution is 2.39. The predicted octanol–water partition coefficient (Wildman–Crippen LogP) is 3.62. The third-order valence-electron chi connectivity index (χ3n) is 7.68. The summed E-state index contributed by atoms with van der Waals surface area (Å²) in [6.45, 7) is 3.17. The zero-order valence-corrected chi connectivity index (χ0v) is 25.9. The molecule has 1 saturated carbocycles.